The van der Waals surface area contributed by atoms with Gasteiger partial charge in [-0.25, -0.2) is 5.43 Å². The lowest BCUT2D eigenvalue weighted by Crippen LogP contribution is -2.25. The van der Waals surface area contributed by atoms with Crippen LogP contribution in [0.3, 0.4) is 0 Å². The highest BCUT2D eigenvalue weighted by molar-refractivity contribution is 9.10. The van der Waals surface area contributed by atoms with E-state index in [2.05, 4.69) is 38.7 Å². The monoisotopic (exact) mass is 489 g/mol. The lowest BCUT2D eigenvalue weighted by molar-refractivity contribution is -0.126. The van der Waals surface area contributed by atoms with Crippen LogP contribution in [0, 0.1) is 0 Å². The molecule has 0 saturated heterocycles. The number of nitrogens with zero attached hydrogens (tertiary/aromatic N) is 1. The molecule has 0 bridgehead atoms. The van der Waals surface area contributed by atoms with Gasteiger partial charge in [0.1, 0.15) is 6.42 Å². The van der Waals surface area contributed by atoms with E-state index >= 15 is 0 Å². The molecule has 2 rings (SSSR count). The smallest absolute Gasteiger partial charge is 0.249 e. The van der Waals surface area contributed by atoms with Gasteiger partial charge in [-0.2, -0.15) is 5.10 Å². The standard InChI is InChI=1S/C23H28BrN3O4/c1-4-6-11-31-23-18(24)12-16(13-20(23)30-3)15-25-27-22(29)14-21(28)26-19-10-8-7-9-17(19)5-2/h7-10,12-13,15H,4-6,11,14H2,1-3H3,(H,26,28)(H,27,29). The molecule has 0 aliphatic carbocycles. The number of carbonyl (C=O) groups excluding carboxylic acids is 2. The lowest BCUT2D eigenvalue weighted by atomic mass is 10.1. The number of halogens is 1. The molecule has 31 heavy (non-hydrogen) atoms. The van der Waals surface area contributed by atoms with Crippen LogP contribution in [0.4, 0.5) is 5.69 Å². The van der Waals surface area contributed by atoms with E-state index in [1.807, 2.05) is 37.3 Å². The van der Waals surface area contributed by atoms with Crippen LogP contribution in [-0.4, -0.2) is 31.7 Å². The van der Waals surface area contributed by atoms with Crippen molar-refractivity contribution in [3.8, 4) is 11.5 Å². The largest absolute Gasteiger partial charge is 0.493 e. The minimum atomic E-state index is -0.506. The van der Waals surface area contributed by atoms with E-state index in [0.717, 1.165) is 29.3 Å². The molecule has 0 fully saturated rings. The summed E-state index contributed by atoms with van der Waals surface area (Å²) in [6, 6.07) is 11.1. The first-order valence-corrected chi connectivity index (χ1v) is 11.0. The van der Waals surface area contributed by atoms with Crippen molar-refractivity contribution in [2.24, 2.45) is 5.10 Å². The Morgan fingerprint density at radius 2 is 1.94 bits per heavy atom. The van der Waals surface area contributed by atoms with Crippen molar-refractivity contribution in [3.05, 3.63) is 52.0 Å². The summed E-state index contributed by atoms with van der Waals surface area (Å²) in [5.74, 6) is 0.285. The number of hydrazone groups is 1. The fraction of sp³-hybridized carbons (Fsp3) is 0.348. The SMILES string of the molecule is CCCCOc1c(Br)cc(C=NNC(=O)CC(=O)Nc2ccccc2CC)cc1OC. The van der Waals surface area contributed by atoms with E-state index < -0.39 is 11.8 Å². The average molecular weight is 490 g/mol. The Kier molecular flexibility index (Phi) is 10.0. The van der Waals surface area contributed by atoms with Gasteiger partial charge in [-0.15, -0.1) is 0 Å². The van der Waals surface area contributed by atoms with Crippen LogP contribution < -0.4 is 20.2 Å². The van der Waals surface area contributed by atoms with Gasteiger partial charge < -0.3 is 14.8 Å². The predicted molar refractivity (Wildman–Crippen MR) is 126 cm³/mol. The molecule has 0 aromatic heterocycles. The van der Waals surface area contributed by atoms with Crippen LogP contribution in [0.2, 0.25) is 0 Å². The molecule has 166 valence electrons. The van der Waals surface area contributed by atoms with Crippen LogP contribution >= 0.6 is 15.9 Å². The summed E-state index contributed by atoms with van der Waals surface area (Å²) in [6.45, 7) is 4.70. The topological polar surface area (TPSA) is 89.0 Å². The number of para-hydroxylation sites is 1. The van der Waals surface area contributed by atoms with Gasteiger partial charge in [-0.3, -0.25) is 9.59 Å². The second-order valence-corrected chi connectivity index (χ2v) is 7.62. The number of hydrogen-bond donors (Lipinski definition) is 2. The van der Waals surface area contributed by atoms with Gasteiger partial charge in [0.15, 0.2) is 11.5 Å². The summed E-state index contributed by atoms with van der Waals surface area (Å²) < 4.78 is 11.9. The number of methoxy groups -OCH3 is 1. The summed E-state index contributed by atoms with van der Waals surface area (Å²) >= 11 is 3.48. The number of anilines is 1. The van der Waals surface area contributed by atoms with Crippen molar-refractivity contribution in [1.82, 2.24) is 5.43 Å². The second kappa shape index (κ2) is 12.7. The molecule has 8 heteroatoms. The molecule has 0 saturated carbocycles. The van der Waals surface area contributed by atoms with Crippen LogP contribution in [0.5, 0.6) is 11.5 Å². The Morgan fingerprint density at radius 3 is 2.65 bits per heavy atom. The van der Waals surface area contributed by atoms with Crippen LogP contribution in [0.15, 0.2) is 46.0 Å². The minimum Gasteiger partial charge on any atom is -0.493 e. The molecule has 2 amide bonds. The fourth-order valence-electron chi connectivity index (χ4n) is 2.78. The summed E-state index contributed by atoms with van der Waals surface area (Å²) in [5, 5.41) is 6.70. The first-order chi connectivity index (χ1) is 15.0. The van der Waals surface area contributed by atoms with E-state index in [-0.39, 0.29) is 6.42 Å². The minimum absolute atomic E-state index is 0.327. The van der Waals surface area contributed by atoms with E-state index in [1.54, 1.807) is 13.2 Å². The highest BCUT2D eigenvalue weighted by Gasteiger charge is 2.12. The molecule has 7 nitrogen and oxygen atoms in total. The Morgan fingerprint density at radius 1 is 1.16 bits per heavy atom. The quantitative estimate of drug-likeness (QED) is 0.207. The third kappa shape index (κ3) is 7.71. The number of amides is 2. The highest BCUT2D eigenvalue weighted by atomic mass is 79.9. The van der Waals surface area contributed by atoms with Crippen molar-refractivity contribution < 1.29 is 19.1 Å². The number of hydrogen-bond acceptors (Lipinski definition) is 5. The number of aryl methyl sites for hydroxylation is 1. The first-order valence-electron chi connectivity index (χ1n) is 10.2. The molecule has 2 aromatic rings. The molecule has 2 N–H and O–H groups in total. The number of carbonyl (C=O) groups is 2. The van der Waals surface area contributed by atoms with Crippen molar-refractivity contribution in [1.29, 1.82) is 0 Å². The van der Waals surface area contributed by atoms with E-state index in [0.29, 0.717) is 29.4 Å². The number of rotatable bonds is 11. The maximum absolute atomic E-state index is 12.1. The molecule has 0 aliphatic rings. The van der Waals surface area contributed by atoms with E-state index in [1.165, 1.54) is 6.21 Å². The molecular formula is C23H28BrN3O4. The molecule has 2 aromatic carbocycles. The van der Waals surface area contributed by atoms with Gasteiger partial charge in [0.05, 0.1) is 24.4 Å². The van der Waals surface area contributed by atoms with E-state index in [4.69, 9.17) is 9.47 Å². The van der Waals surface area contributed by atoms with Crippen molar-refractivity contribution >= 4 is 39.6 Å². The zero-order chi connectivity index (χ0) is 22.6. The van der Waals surface area contributed by atoms with E-state index in [9.17, 15) is 9.59 Å². The van der Waals surface area contributed by atoms with Crippen LogP contribution in [0.1, 0.15) is 44.2 Å². The lowest BCUT2D eigenvalue weighted by Gasteiger charge is -2.13. The summed E-state index contributed by atoms with van der Waals surface area (Å²) in [5.41, 5.74) is 4.80. The van der Waals surface area contributed by atoms with Gasteiger partial charge in [-0.05, 0) is 58.1 Å². The van der Waals surface area contributed by atoms with Gasteiger partial charge in [0.25, 0.3) is 0 Å². The fourth-order valence-corrected chi connectivity index (χ4v) is 3.36. The summed E-state index contributed by atoms with van der Waals surface area (Å²) in [7, 11) is 1.56. The van der Waals surface area contributed by atoms with Crippen molar-refractivity contribution in [3.63, 3.8) is 0 Å². The van der Waals surface area contributed by atoms with Gasteiger partial charge in [-0.1, -0.05) is 38.5 Å². The normalized spacial score (nSPS) is 10.7. The van der Waals surface area contributed by atoms with Crippen LogP contribution in [-0.2, 0) is 16.0 Å². The summed E-state index contributed by atoms with van der Waals surface area (Å²) in [6.07, 6.45) is 3.92. The Balaban J connectivity index is 1.93. The maximum atomic E-state index is 12.1. The molecule has 0 unspecified atom stereocenters. The van der Waals surface area contributed by atoms with Gasteiger partial charge >= 0.3 is 0 Å². The number of unbranched alkanes of at least 4 members (excludes halogenated alkanes) is 1. The Bertz CT molecular complexity index is 931. The molecule has 0 spiro atoms. The van der Waals surface area contributed by atoms with Gasteiger partial charge in [0.2, 0.25) is 11.8 Å². The molecular weight excluding hydrogens is 462 g/mol. The number of nitrogens with one attached hydrogen (secondary N) is 2. The zero-order valence-electron chi connectivity index (χ0n) is 18.0. The Hall–Kier alpha value is -2.87. The Labute approximate surface area is 191 Å². The summed E-state index contributed by atoms with van der Waals surface area (Å²) in [4.78, 5) is 24.2. The molecule has 0 radical (unpaired) electrons. The third-order valence-electron chi connectivity index (χ3n) is 4.39. The maximum Gasteiger partial charge on any atom is 0.249 e. The van der Waals surface area contributed by atoms with Crippen LogP contribution in [0.25, 0.3) is 0 Å². The second-order valence-electron chi connectivity index (χ2n) is 6.76. The predicted octanol–water partition coefficient (Wildman–Crippen LogP) is 4.68. The first kappa shape index (κ1) is 24.4. The van der Waals surface area contributed by atoms with Crippen molar-refractivity contribution in [2.45, 2.75) is 39.5 Å². The number of benzene rings is 2. The van der Waals surface area contributed by atoms with Crippen molar-refractivity contribution in [2.75, 3.05) is 19.0 Å². The third-order valence-corrected chi connectivity index (χ3v) is 4.98. The van der Waals surface area contributed by atoms with Gasteiger partial charge in [0, 0.05) is 5.69 Å². The molecule has 0 aliphatic heterocycles. The molecule has 0 heterocycles. The number of ether oxygens (including phenoxy) is 2. The highest BCUT2D eigenvalue weighted by Crippen LogP contribution is 2.36. The average Bonchev–Trinajstić information content (AvgIpc) is 2.75. The molecule has 0 atom stereocenters. The zero-order valence-corrected chi connectivity index (χ0v) is 19.6.